The number of methoxy groups -OCH3 is 2. The molecular weight excluding hydrogens is 391 g/mol. The number of aliphatic imine (C=N–C) groups is 1. The highest BCUT2D eigenvalue weighted by Crippen LogP contribution is 2.32. The second kappa shape index (κ2) is 8.63. The Hall–Kier alpha value is -2.25. The summed E-state index contributed by atoms with van der Waals surface area (Å²) in [6, 6.07) is 9.72. The van der Waals surface area contributed by atoms with Crippen LogP contribution in [0.25, 0.3) is 0 Å². The first-order valence-corrected chi connectivity index (χ1v) is 9.56. The third kappa shape index (κ3) is 4.04. The van der Waals surface area contributed by atoms with Crippen LogP contribution in [-0.4, -0.2) is 43.3 Å². The summed E-state index contributed by atoms with van der Waals surface area (Å²) >= 11 is 7.35. The van der Waals surface area contributed by atoms with Crippen molar-refractivity contribution in [1.82, 2.24) is 4.90 Å². The number of hydrogen-bond donors (Lipinski definition) is 0. The van der Waals surface area contributed by atoms with Crippen molar-refractivity contribution in [3.63, 3.8) is 0 Å². The maximum Gasteiger partial charge on any atom is 0.267 e. The molecule has 142 valence electrons. The number of halogens is 2. The van der Waals surface area contributed by atoms with Gasteiger partial charge in [-0.05, 0) is 24.3 Å². The normalized spacial score (nSPS) is 13.5. The zero-order valence-electron chi connectivity index (χ0n) is 14.9. The zero-order valence-corrected chi connectivity index (χ0v) is 16.4. The maximum atomic E-state index is 14.0. The molecule has 0 aromatic heterocycles. The highest BCUT2D eigenvalue weighted by Gasteiger charge is 2.30. The van der Waals surface area contributed by atoms with Crippen LogP contribution in [0.2, 0.25) is 5.02 Å². The van der Waals surface area contributed by atoms with Crippen molar-refractivity contribution in [2.75, 3.05) is 27.3 Å². The predicted molar refractivity (Wildman–Crippen MR) is 106 cm³/mol. The molecule has 1 heterocycles. The Balaban J connectivity index is 1.82. The summed E-state index contributed by atoms with van der Waals surface area (Å²) in [6.07, 6.45) is 0. The summed E-state index contributed by atoms with van der Waals surface area (Å²) in [4.78, 5) is 19.1. The number of thioether (sulfide) groups is 1. The fourth-order valence-corrected chi connectivity index (χ4v) is 4.13. The Morgan fingerprint density at radius 2 is 1.89 bits per heavy atom. The number of carbonyl (C=O) groups is 1. The number of carbonyl (C=O) groups excluding carboxylic acids is 1. The molecular formula is C19H18ClFN2O3S. The number of hydrogen-bond acceptors (Lipinski definition) is 5. The Labute approximate surface area is 166 Å². The van der Waals surface area contributed by atoms with Crippen molar-refractivity contribution < 1.29 is 18.7 Å². The van der Waals surface area contributed by atoms with Crippen molar-refractivity contribution in [2.24, 2.45) is 4.99 Å². The van der Waals surface area contributed by atoms with Crippen LogP contribution in [0.15, 0.2) is 41.4 Å². The minimum atomic E-state index is -0.377. The van der Waals surface area contributed by atoms with Crippen LogP contribution < -0.4 is 9.47 Å². The van der Waals surface area contributed by atoms with Gasteiger partial charge >= 0.3 is 0 Å². The smallest absolute Gasteiger partial charge is 0.267 e. The fourth-order valence-electron chi connectivity index (χ4n) is 2.74. The Kier molecular flexibility index (Phi) is 6.23. The third-order valence-corrected chi connectivity index (χ3v) is 5.49. The summed E-state index contributed by atoms with van der Waals surface area (Å²) in [7, 11) is 3.00. The van der Waals surface area contributed by atoms with E-state index in [2.05, 4.69) is 4.99 Å². The highest BCUT2D eigenvalue weighted by molar-refractivity contribution is 8.13. The molecule has 0 radical (unpaired) electrons. The average Bonchev–Trinajstić information content (AvgIpc) is 3.15. The lowest BCUT2D eigenvalue weighted by molar-refractivity contribution is 0.0854. The van der Waals surface area contributed by atoms with Gasteiger partial charge in [0.2, 0.25) is 0 Å². The molecule has 2 aromatic carbocycles. The van der Waals surface area contributed by atoms with E-state index in [-0.39, 0.29) is 17.5 Å². The monoisotopic (exact) mass is 408 g/mol. The van der Waals surface area contributed by atoms with Crippen LogP contribution in [0, 0.1) is 5.82 Å². The Morgan fingerprint density at radius 3 is 2.52 bits per heavy atom. The van der Waals surface area contributed by atoms with E-state index in [1.807, 2.05) is 0 Å². The zero-order chi connectivity index (χ0) is 19.4. The number of benzene rings is 2. The van der Waals surface area contributed by atoms with Crippen LogP contribution in [0.3, 0.4) is 0 Å². The van der Waals surface area contributed by atoms with Crippen molar-refractivity contribution in [2.45, 2.75) is 5.75 Å². The van der Waals surface area contributed by atoms with Gasteiger partial charge in [-0.1, -0.05) is 35.5 Å². The molecule has 8 heteroatoms. The molecule has 1 aliphatic heterocycles. The van der Waals surface area contributed by atoms with Crippen LogP contribution in [0.5, 0.6) is 11.5 Å². The van der Waals surface area contributed by atoms with Gasteiger partial charge in [0.1, 0.15) is 22.9 Å². The van der Waals surface area contributed by atoms with E-state index in [0.29, 0.717) is 45.9 Å². The lowest BCUT2D eigenvalue weighted by Crippen LogP contribution is -2.33. The van der Waals surface area contributed by atoms with Crippen molar-refractivity contribution in [3.05, 3.63) is 58.4 Å². The lowest BCUT2D eigenvalue weighted by atomic mass is 10.1. The van der Waals surface area contributed by atoms with E-state index in [0.717, 1.165) is 0 Å². The molecule has 0 atom stereocenters. The summed E-state index contributed by atoms with van der Waals surface area (Å²) in [5, 5.41) is 0.873. The first kappa shape index (κ1) is 19.5. The molecule has 0 saturated heterocycles. The molecule has 1 amide bonds. The molecule has 3 rings (SSSR count). The molecule has 5 nitrogen and oxygen atoms in total. The minimum absolute atomic E-state index is 0.271. The van der Waals surface area contributed by atoms with Crippen LogP contribution in [-0.2, 0) is 5.75 Å². The number of rotatable bonds is 5. The van der Waals surface area contributed by atoms with Crippen molar-refractivity contribution in [3.8, 4) is 11.5 Å². The number of nitrogens with zero attached hydrogens (tertiary/aromatic N) is 2. The first-order valence-electron chi connectivity index (χ1n) is 8.19. The quantitative estimate of drug-likeness (QED) is 0.742. The van der Waals surface area contributed by atoms with Crippen LogP contribution in [0.1, 0.15) is 15.9 Å². The second-order valence-electron chi connectivity index (χ2n) is 5.65. The van der Waals surface area contributed by atoms with Gasteiger partial charge < -0.3 is 9.47 Å². The topological polar surface area (TPSA) is 51.1 Å². The fraction of sp³-hybridized carbons (Fsp3) is 0.263. The van der Waals surface area contributed by atoms with Crippen LogP contribution in [0.4, 0.5) is 4.39 Å². The molecule has 27 heavy (non-hydrogen) atoms. The molecule has 2 aromatic rings. The van der Waals surface area contributed by atoms with Gasteiger partial charge in [0, 0.05) is 22.9 Å². The van der Waals surface area contributed by atoms with E-state index in [4.69, 9.17) is 21.1 Å². The summed E-state index contributed by atoms with van der Waals surface area (Å²) in [6.45, 7) is 0.921. The largest absolute Gasteiger partial charge is 0.496 e. The Morgan fingerprint density at radius 1 is 1.22 bits per heavy atom. The molecule has 0 unspecified atom stereocenters. The van der Waals surface area contributed by atoms with Crippen molar-refractivity contribution in [1.29, 1.82) is 0 Å². The van der Waals surface area contributed by atoms with E-state index in [1.54, 1.807) is 35.2 Å². The summed E-state index contributed by atoms with van der Waals surface area (Å²) in [5.74, 6) is 0.475. The van der Waals surface area contributed by atoms with Gasteiger partial charge in [-0.3, -0.25) is 14.7 Å². The van der Waals surface area contributed by atoms with Gasteiger partial charge in [-0.2, -0.15) is 0 Å². The minimum Gasteiger partial charge on any atom is -0.496 e. The van der Waals surface area contributed by atoms with E-state index in [9.17, 15) is 9.18 Å². The molecule has 1 aliphatic rings. The third-order valence-electron chi connectivity index (χ3n) is 4.10. The van der Waals surface area contributed by atoms with E-state index in [1.165, 1.54) is 32.0 Å². The van der Waals surface area contributed by atoms with Gasteiger partial charge in [0.15, 0.2) is 5.17 Å². The number of ether oxygens (including phenoxy) is 2. The maximum absolute atomic E-state index is 14.0. The highest BCUT2D eigenvalue weighted by atomic mass is 35.5. The van der Waals surface area contributed by atoms with E-state index < -0.39 is 0 Å². The predicted octanol–water partition coefficient (Wildman–Crippen LogP) is 4.24. The number of amides is 1. The standard InChI is InChI=1S/C19H18ClFN2O3S/c1-25-15-7-4-8-16(26-2)17(15)18(24)23-10-9-22-19(23)27-11-12-13(20)5-3-6-14(12)21/h3-8H,9-11H2,1-2H3. The van der Waals surface area contributed by atoms with Gasteiger partial charge in [-0.25, -0.2) is 4.39 Å². The molecule has 0 saturated carbocycles. The van der Waals surface area contributed by atoms with Crippen molar-refractivity contribution >= 4 is 34.4 Å². The number of amidine groups is 1. The van der Waals surface area contributed by atoms with E-state index >= 15 is 0 Å². The van der Waals surface area contributed by atoms with Crippen LogP contribution >= 0.6 is 23.4 Å². The molecule has 0 aliphatic carbocycles. The SMILES string of the molecule is COc1cccc(OC)c1C(=O)N1CCN=C1SCc1c(F)cccc1Cl. The average molecular weight is 409 g/mol. The summed E-state index contributed by atoms with van der Waals surface area (Å²) < 4.78 is 24.6. The summed E-state index contributed by atoms with van der Waals surface area (Å²) in [5.41, 5.74) is 0.725. The lowest BCUT2D eigenvalue weighted by Gasteiger charge is -2.21. The molecule has 0 spiro atoms. The van der Waals surface area contributed by atoms with Gasteiger partial charge in [0.25, 0.3) is 5.91 Å². The molecule has 0 bridgehead atoms. The molecule has 0 fully saturated rings. The Bertz CT molecular complexity index is 849. The second-order valence-corrected chi connectivity index (χ2v) is 7.00. The first-order chi connectivity index (χ1) is 13.1. The van der Waals surface area contributed by atoms with Gasteiger partial charge in [0.05, 0.1) is 20.8 Å². The van der Waals surface area contributed by atoms with Gasteiger partial charge in [-0.15, -0.1) is 0 Å². The molecule has 0 N–H and O–H groups in total.